The summed E-state index contributed by atoms with van der Waals surface area (Å²) >= 11 is 0. The molecule has 0 radical (unpaired) electrons. The summed E-state index contributed by atoms with van der Waals surface area (Å²) in [5.41, 5.74) is 9.05. The Morgan fingerprint density at radius 3 is 1.11 bits per heavy atom. The predicted molar refractivity (Wildman–Crippen MR) is 262 cm³/mol. The monoisotopic (exact) mass is 824 g/mol. The van der Waals surface area contributed by atoms with E-state index < -0.39 is 0 Å². The van der Waals surface area contributed by atoms with Crippen LogP contribution in [0.2, 0.25) is 0 Å². The van der Waals surface area contributed by atoms with Crippen molar-refractivity contribution < 1.29 is 8.83 Å². The van der Waals surface area contributed by atoms with Crippen LogP contribution in [0, 0.1) is 22.7 Å². The van der Waals surface area contributed by atoms with Crippen molar-refractivity contribution in [3.8, 4) is 12.1 Å². The van der Waals surface area contributed by atoms with Crippen LogP contribution in [-0.4, -0.2) is 18.3 Å². The zero-order valence-electron chi connectivity index (χ0n) is 35.4. The average Bonchev–Trinajstić information content (AvgIpc) is 3.78. The molecule has 9 aromatic carbocycles. The largest absolute Gasteiger partial charge is 0.451 e. The highest BCUT2D eigenvalue weighted by Crippen LogP contribution is 2.45. The minimum atomic E-state index is 0.184. The Bertz CT molecular complexity index is 4220. The molecule has 64 heavy (non-hydrogen) atoms. The topological polar surface area (TPSA) is 93.6 Å². The van der Waals surface area contributed by atoms with E-state index in [-0.39, 0.29) is 22.3 Å². The minimum Gasteiger partial charge on any atom is -0.451 e. The molecule has 0 aliphatic carbocycles. The van der Waals surface area contributed by atoms with Crippen LogP contribution in [-0.2, 0) is 28.2 Å². The molecule has 0 saturated heterocycles. The number of nitriles is 2. The number of para-hydroxylation sites is 2. The molecule has 13 rings (SSSR count). The van der Waals surface area contributed by atoms with Gasteiger partial charge in [-0.25, -0.2) is 0 Å². The maximum atomic E-state index is 11.6. The molecule has 8 heteroatoms. The van der Waals surface area contributed by atoms with E-state index in [2.05, 4.69) is 178 Å². The Hall–Kier alpha value is -8.72. The molecule has 8 nitrogen and oxygen atoms in total. The van der Waals surface area contributed by atoms with Gasteiger partial charge in [0.05, 0.1) is 11.0 Å². The number of nitrogens with zero attached hydrogens (tertiary/aromatic N) is 6. The Morgan fingerprint density at radius 2 is 0.688 bits per heavy atom. The molecule has 13 aromatic rings. The fourth-order valence-electron chi connectivity index (χ4n) is 10.9. The normalized spacial score (nSPS) is 12.0. The van der Waals surface area contributed by atoms with Gasteiger partial charge in [0.1, 0.15) is 34.4 Å². The van der Waals surface area contributed by atoms with Crippen molar-refractivity contribution in [2.45, 2.75) is 0 Å². The van der Waals surface area contributed by atoms with E-state index in [0.29, 0.717) is 22.2 Å². The van der Waals surface area contributed by atoms with Crippen LogP contribution in [0.3, 0.4) is 0 Å². The van der Waals surface area contributed by atoms with Crippen molar-refractivity contribution in [1.82, 2.24) is 18.3 Å². The molecule has 0 unspecified atom stereocenters. The Balaban J connectivity index is 1.37. The van der Waals surface area contributed by atoms with Crippen molar-refractivity contribution in [1.29, 1.82) is 10.5 Å². The summed E-state index contributed by atoms with van der Waals surface area (Å²) in [6.07, 6.45) is 0. The summed E-state index contributed by atoms with van der Waals surface area (Å²) in [5.74, 6) is 0. The standard InChI is InChI=1S/C56H36N6O2/c1-59-39-19-11-9-17-35(39)49-41(59)25-27-45-51(49)52-46(28-26-42-50(52)36-18-10-12-20-40(36)60(42)2)64-56-38(30-58)54-53(37(29-57)55(56)63-45)61(3)43-23-21-31-13-5-7-15-33(31)47(43)48-34-16-8-6-14-32(34)22-24-44(48)62(54)4/h5-28H,1-4H3. The molecular formula is C56H36N6O2. The van der Waals surface area contributed by atoms with Crippen LogP contribution in [0.5, 0.6) is 0 Å². The van der Waals surface area contributed by atoms with Crippen molar-refractivity contribution in [2.75, 3.05) is 0 Å². The average molecular weight is 825 g/mol. The van der Waals surface area contributed by atoms with E-state index in [0.717, 1.165) is 97.7 Å². The highest BCUT2D eigenvalue weighted by atomic mass is 16.4. The second kappa shape index (κ2) is 12.9. The smallest absolute Gasteiger partial charge is 0.191 e. The lowest BCUT2D eigenvalue weighted by molar-refractivity contribution is 0.617. The van der Waals surface area contributed by atoms with Gasteiger partial charge >= 0.3 is 0 Å². The molecule has 302 valence electrons. The first kappa shape index (κ1) is 36.0. The van der Waals surface area contributed by atoms with Crippen LogP contribution < -0.4 is 0 Å². The lowest BCUT2D eigenvalue weighted by Crippen LogP contribution is -2.06. The van der Waals surface area contributed by atoms with Crippen LogP contribution in [0.1, 0.15) is 11.1 Å². The summed E-state index contributed by atoms with van der Waals surface area (Å²) in [6, 6.07) is 55.5. The minimum absolute atomic E-state index is 0.184. The molecule has 0 atom stereocenters. The Morgan fingerprint density at radius 1 is 0.344 bits per heavy atom. The summed E-state index contributed by atoms with van der Waals surface area (Å²) in [7, 11) is 8.14. The number of fused-ring (bicyclic) bond motifs is 20. The lowest BCUT2D eigenvalue weighted by atomic mass is 9.96. The Labute approximate surface area is 364 Å². The highest BCUT2D eigenvalue weighted by Gasteiger charge is 2.26. The van der Waals surface area contributed by atoms with Crippen molar-refractivity contribution in [2.24, 2.45) is 28.2 Å². The quantitative estimate of drug-likeness (QED) is 0.152. The fraction of sp³-hybridized carbons (Fsp3) is 0.0714. The van der Waals surface area contributed by atoms with Crippen molar-refractivity contribution in [3.05, 3.63) is 157 Å². The molecule has 0 fully saturated rings. The third-order valence-electron chi connectivity index (χ3n) is 13.8. The van der Waals surface area contributed by atoms with Gasteiger partial charge in [-0.2, -0.15) is 10.5 Å². The fourth-order valence-corrected chi connectivity index (χ4v) is 10.9. The van der Waals surface area contributed by atoms with E-state index in [9.17, 15) is 10.5 Å². The molecule has 4 heterocycles. The molecule has 0 N–H and O–H groups in total. The maximum absolute atomic E-state index is 11.6. The lowest BCUT2D eigenvalue weighted by Gasteiger charge is -2.19. The molecule has 4 aromatic heterocycles. The van der Waals surface area contributed by atoms with Crippen molar-refractivity contribution >= 4 is 131 Å². The van der Waals surface area contributed by atoms with Gasteiger partial charge in [0.25, 0.3) is 0 Å². The van der Waals surface area contributed by atoms with Gasteiger partial charge < -0.3 is 27.1 Å². The van der Waals surface area contributed by atoms with E-state index in [1.165, 1.54) is 0 Å². The SMILES string of the molecule is Cn1c2ccccc2c2c3c(ccc21)oc1c(C#N)c2c(c(C#N)c1oc1ccc4c(c5ccccc5n4C)c13)n(C)c1ccc3ccccc3c1c1c3ccccc3ccc1n2C. The summed E-state index contributed by atoms with van der Waals surface area (Å²) in [6.45, 7) is 0. The second-order valence-electron chi connectivity index (χ2n) is 16.8. The van der Waals surface area contributed by atoms with Crippen LogP contribution in [0.25, 0.3) is 131 Å². The molecule has 0 amide bonds. The molecular weight excluding hydrogens is 789 g/mol. The Kier molecular flexibility index (Phi) is 7.25. The zero-order valence-corrected chi connectivity index (χ0v) is 35.4. The van der Waals surface area contributed by atoms with Gasteiger partial charge in [-0.3, -0.25) is 0 Å². The first-order valence-electron chi connectivity index (χ1n) is 21.3. The third-order valence-corrected chi connectivity index (χ3v) is 13.8. The number of aryl methyl sites for hydroxylation is 4. The third kappa shape index (κ3) is 4.53. The number of rotatable bonds is 0. The molecule has 0 bridgehead atoms. The molecule has 0 saturated carbocycles. The number of hydrogen-bond acceptors (Lipinski definition) is 4. The molecule has 0 spiro atoms. The van der Waals surface area contributed by atoms with Gasteiger partial charge in [0, 0.05) is 104 Å². The van der Waals surface area contributed by atoms with Gasteiger partial charge in [0.2, 0.25) is 0 Å². The summed E-state index contributed by atoms with van der Waals surface area (Å²) in [5, 5.41) is 35.5. The highest BCUT2D eigenvalue weighted by molar-refractivity contribution is 6.34. The van der Waals surface area contributed by atoms with Gasteiger partial charge in [-0.05, 0) is 70.1 Å². The summed E-state index contributed by atoms with van der Waals surface area (Å²) in [4.78, 5) is 0. The first-order chi connectivity index (χ1) is 31.4. The van der Waals surface area contributed by atoms with E-state index in [1.54, 1.807) is 0 Å². The predicted octanol–water partition coefficient (Wildman–Crippen LogP) is 14.1. The summed E-state index contributed by atoms with van der Waals surface area (Å²) < 4.78 is 23.1. The van der Waals surface area contributed by atoms with E-state index in [4.69, 9.17) is 8.83 Å². The van der Waals surface area contributed by atoms with Crippen LogP contribution in [0.15, 0.2) is 154 Å². The maximum Gasteiger partial charge on any atom is 0.191 e. The van der Waals surface area contributed by atoms with Crippen LogP contribution >= 0.6 is 0 Å². The second-order valence-corrected chi connectivity index (χ2v) is 16.8. The molecule has 0 aliphatic heterocycles. The van der Waals surface area contributed by atoms with Gasteiger partial charge in [-0.15, -0.1) is 0 Å². The van der Waals surface area contributed by atoms with E-state index in [1.807, 2.05) is 26.2 Å². The number of hydrogen-bond donors (Lipinski definition) is 0. The molecule has 0 aliphatic rings. The van der Waals surface area contributed by atoms with Gasteiger partial charge in [-0.1, -0.05) is 97.1 Å². The van der Waals surface area contributed by atoms with Crippen LogP contribution in [0.4, 0.5) is 0 Å². The van der Waals surface area contributed by atoms with Gasteiger partial charge in [0.15, 0.2) is 11.2 Å². The number of benzene rings is 9. The zero-order chi connectivity index (χ0) is 43.1. The first-order valence-corrected chi connectivity index (χ1v) is 21.3. The van der Waals surface area contributed by atoms with Crippen molar-refractivity contribution in [3.63, 3.8) is 0 Å². The number of aromatic nitrogens is 4. The van der Waals surface area contributed by atoms with E-state index >= 15 is 0 Å².